The number of nitrogens with one attached hydrogen (secondary N) is 1. The number of anilines is 1. The third-order valence-electron chi connectivity index (χ3n) is 3.09. The zero-order valence-electron chi connectivity index (χ0n) is 11.6. The van der Waals surface area contributed by atoms with Gasteiger partial charge in [-0.25, -0.2) is 4.90 Å². The minimum absolute atomic E-state index is 0.207. The van der Waals surface area contributed by atoms with Crippen LogP contribution in [-0.4, -0.2) is 25.8 Å². The summed E-state index contributed by atoms with van der Waals surface area (Å²) < 4.78 is 1.65. The lowest BCUT2D eigenvalue weighted by Crippen LogP contribution is -2.30. The van der Waals surface area contributed by atoms with Crippen LogP contribution < -0.4 is 10.2 Å². The maximum absolute atomic E-state index is 12.5. The summed E-state index contributed by atoms with van der Waals surface area (Å²) in [4.78, 5) is 18.2. The van der Waals surface area contributed by atoms with Crippen LogP contribution in [0.4, 0.5) is 5.69 Å². The number of hydrogen-bond acceptors (Lipinski definition) is 4. The SMILES string of the molecule is Cc1nn(C)cc1N1C(=O)/C(=C\c2ccccn2)NC1=S. The number of nitrogens with zero attached hydrogens (tertiary/aromatic N) is 4. The molecule has 0 saturated carbocycles. The molecule has 1 fully saturated rings. The maximum atomic E-state index is 12.5. The summed E-state index contributed by atoms with van der Waals surface area (Å²) in [5, 5.41) is 7.51. The molecule has 0 spiro atoms. The van der Waals surface area contributed by atoms with Crippen molar-refractivity contribution in [1.29, 1.82) is 0 Å². The Morgan fingerprint density at radius 3 is 2.81 bits per heavy atom. The molecule has 0 atom stereocenters. The molecule has 1 aliphatic heterocycles. The van der Waals surface area contributed by atoms with Gasteiger partial charge in [-0.15, -0.1) is 0 Å². The lowest BCUT2D eigenvalue weighted by Gasteiger charge is -2.11. The van der Waals surface area contributed by atoms with E-state index in [9.17, 15) is 4.79 Å². The Hall–Kier alpha value is -2.54. The molecule has 106 valence electrons. The molecule has 3 heterocycles. The van der Waals surface area contributed by atoms with Gasteiger partial charge in [0.25, 0.3) is 5.91 Å². The van der Waals surface area contributed by atoms with Crippen molar-refractivity contribution in [3.8, 4) is 0 Å². The predicted molar refractivity (Wildman–Crippen MR) is 83.4 cm³/mol. The first kappa shape index (κ1) is 13.4. The van der Waals surface area contributed by atoms with Crippen LogP contribution in [0.3, 0.4) is 0 Å². The highest BCUT2D eigenvalue weighted by Crippen LogP contribution is 2.24. The Morgan fingerprint density at radius 2 is 2.19 bits per heavy atom. The Morgan fingerprint density at radius 1 is 1.38 bits per heavy atom. The van der Waals surface area contributed by atoms with Crippen molar-refractivity contribution in [1.82, 2.24) is 20.1 Å². The highest BCUT2D eigenvalue weighted by atomic mass is 32.1. The third-order valence-corrected chi connectivity index (χ3v) is 3.37. The van der Waals surface area contributed by atoms with Crippen molar-refractivity contribution in [3.63, 3.8) is 0 Å². The molecule has 0 bridgehead atoms. The van der Waals surface area contributed by atoms with Crippen LogP contribution in [0, 0.1) is 6.92 Å². The van der Waals surface area contributed by atoms with Crippen molar-refractivity contribution in [2.24, 2.45) is 7.05 Å². The lowest BCUT2D eigenvalue weighted by molar-refractivity contribution is -0.113. The maximum Gasteiger partial charge on any atom is 0.281 e. The highest BCUT2D eigenvalue weighted by molar-refractivity contribution is 7.80. The summed E-state index contributed by atoms with van der Waals surface area (Å²) >= 11 is 5.26. The number of amides is 1. The number of carbonyl (C=O) groups excluding carboxylic acids is 1. The number of aromatic nitrogens is 3. The first-order chi connectivity index (χ1) is 10.1. The molecular formula is C14H13N5OS. The van der Waals surface area contributed by atoms with E-state index < -0.39 is 0 Å². The van der Waals surface area contributed by atoms with Crippen molar-refractivity contribution in [2.45, 2.75) is 6.92 Å². The van der Waals surface area contributed by atoms with Crippen molar-refractivity contribution in [2.75, 3.05) is 4.90 Å². The van der Waals surface area contributed by atoms with Gasteiger partial charge in [0.1, 0.15) is 5.70 Å². The van der Waals surface area contributed by atoms with E-state index in [0.29, 0.717) is 22.2 Å². The summed E-state index contributed by atoms with van der Waals surface area (Å²) in [7, 11) is 1.80. The number of carbonyl (C=O) groups is 1. The minimum Gasteiger partial charge on any atom is -0.327 e. The zero-order chi connectivity index (χ0) is 15.0. The van der Waals surface area contributed by atoms with Crippen LogP contribution in [0.5, 0.6) is 0 Å². The quantitative estimate of drug-likeness (QED) is 0.670. The van der Waals surface area contributed by atoms with Crippen molar-refractivity contribution < 1.29 is 4.79 Å². The second-order valence-electron chi connectivity index (χ2n) is 4.66. The molecule has 1 saturated heterocycles. The van der Waals surface area contributed by atoms with E-state index in [1.165, 1.54) is 4.90 Å². The summed E-state index contributed by atoms with van der Waals surface area (Å²) in [5.74, 6) is -0.207. The molecule has 1 aliphatic rings. The van der Waals surface area contributed by atoms with Crippen LogP contribution in [0.15, 0.2) is 36.3 Å². The molecule has 1 N–H and O–H groups in total. The second kappa shape index (κ2) is 5.10. The third kappa shape index (κ3) is 2.43. The highest BCUT2D eigenvalue weighted by Gasteiger charge is 2.33. The first-order valence-corrected chi connectivity index (χ1v) is 6.75. The molecule has 2 aromatic heterocycles. The monoisotopic (exact) mass is 299 g/mol. The normalized spacial score (nSPS) is 16.7. The Balaban J connectivity index is 1.96. The van der Waals surface area contributed by atoms with Gasteiger partial charge < -0.3 is 5.32 Å². The molecule has 0 aliphatic carbocycles. The fourth-order valence-electron chi connectivity index (χ4n) is 2.17. The second-order valence-corrected chi connectivity index (χ2v) is 5.04. The summed E-state index contributed by atoms with van der Waals surface area (Å²) in [5.41, 5.74) is 2.53. The van der Waals surface area contributed by atoms with Crippen LogP contribution in [-0.2, 0) is 11.8 Å². The average Bonchev–Trinajstić information content (AvgIpc) is 2.91. The van der Waals surface area contributed by atoms with E-state index in [4.69, 9.17) is 12.2 Å². The minimum atomic E-state index is -0.207. The van der Waals surface area contributed by atoms with E-state index in [1.807, 2.05) is 25.1 Å². The number of aryl methyl sites for hydroxylation is 2. The number of thiocarbonyl (C=S) groups is 1. The summed E-state index contributed by atoms with van der Waals surface area (Å²) in [6, 6.07) is 5.50. The van der Waals surface area contributed by atoms with Gasteiger partial charge in [-0.05, 0) is 37.4 Å². The molecule has 0 aromatic carbocycles. The van der Waals surface area contributed by atoms with Gasteiger partial charge in [-0.1, -0.05) is 6.07 Å². The smallest absolute Gasteiger partial charge is 0.281 e. The van der Waals surface area contributed by atoms with Gasteiger partial charge in [0.05, 0.1) is 17.1 Å². The number of pyridine rings is 1. The van der Waals surface area contributed by atoms with E-state index in [0.717, 1.165) is 5.69 Å². The van der Waals surface area contributed by atoms with Crippen LogP contribution in [0.2, 0.25) is 0 Å². The summed E-state index contributed by atoms with van der Waals surface area (Å²) in [6.45, 7) is 1.84. The van der Waals surface area contributed by atoms with E-state index >= 15 is 0 Å². The molecule has 3 rings (SSSR count). The zero-order valence-corrected chi connectivity index (χ0v) is 12.4. The van der Waals surface area contributed by atoms with Crippen molar-refractivity contribution >= 4 is 35.0 Å². The Kier molecular flexibility index (Phi) is 3.26. The molecule has 6 nitrogen and oxygen atoms in total. The summed E-state index contributed by atoms with van der Waals surface area (Å²) in [6.07, 6.45) is 5.12. The number of hydrogen-bond donors (Lipinski definition) is 1. The lowest BCUT2D eigenvalue weighted by atomic mass is 10.3. The molecule has 1 amide bonds. The molecule has 7 heteroatoms. The fourth-order valence-corrected chi connectivity index (χ4v) is 2.46. The fraction of sp³-hybridized carbons (Fsp3) is 0.143. The number of rotatable bonds is 2. The van der Waals surface area contributed by atoms with E-state index in [2.05, 4.69) is 15.4 Å². The van der Waals surface area contributed by atoms with Gasteiger partial charge in [-0.3, -0.25) is 14.5 Å². The Bertz CT molecular complexity index is 750. The van der Waals surface area contributed by atoms with E-state index in [-0.39, 0.29) is 5.91 Å². The molecular weight excluding hydrogens is 286 g/mol. The van der Waals surface area contributed by atoms with Crippen molar-refractivity contribution in [3.05, 3.63) is 47.7 Å². The average molecular weight is 299 g/mol. The molecule has 0 unspecified atom stereocenters. The molecule has 2 aromatic rings. The standard InChI is InChI=1S/C14H13N5OS/c1-9-12(8-18(2)17-9)19-13(20)11(16-14(19)21)7-10-5-3-4-6-15-10/h3-8H,1-2H3,(H,16,21)/b11-7+. The molecule has 0 radical (unpaired) electrons. The predicted octanol–water partition coefficient (Wildman–Crippen LogP) is 1.39. The van der Waals surface area contributed by atoms with E-state index in [1.54, 1.807) is 30.2 Å². The largest absolute Gasteiger partial charge is 0.327 e. The van der Waals surface area contributed by atoms with Gasteiger partial charge in [0.2, 0.25) is 0 Å². The van der Waals surface area contributed by atoms with Crippen LogP contribution in [0.1, 0.15) is 11.4 Å². The van der Waals surface area contributed by atoms with Gasteiger partial charge in [0.15, 0.2) is 5.11 Å². The van der Waals surface area contributed by atoms with Gasteiger partial charge in [-0.2, -0.15) is 5.10 Å². The topological polar surface area (TPSA) is 63.1 Å². The Labute approximate surface area is 127 Å². The first-order valence-electron chi connectivity index (χ1n) is 6.34. The van der Waals surface area contributed by atoms with Gasteiger partial charge >= 0.3 is 0 Å². The van der Waals surface area contributed by atoms with Crippen LogP contribution in [0.25, 0.3) is 6.08 Å². The molecule has 21 heavy (non-hydrogen) atoms. The van der Waals surface area contributed by atoms with Crippen LogP contribution >= 0.6 is 12.2 Å². The van der Waals surface area contributed by atoms with Gasteiger partial charge in [0, 0.05) is 19.4 Å².